The maximum atomic E-state index is 13.1. The van der Waals surface area contributed by atoms with Gasteiger partial charge in [0.15, 0.2) is 5.03 Å². The second-order valence-corrected chi connectivity index (χ2v) is 10.8. The zero-order valence-electron chi connectivity index (χ0n) is 19.7. The van der Waals surface area contributed by atoms with E-state index in [-0.39, 0.29) is 22.0 Å². The van der Waals surface area contributed by atoms with Crippen molar-refractivity contribution in [2.24, 2.45) is 5.92 Å². The minimum absolute atomic E-state index is 0.0457. The van der Waals surface area contributed by atoms with Gasteiger partial charge < -0.3 is 9.64 Å². The molecule has 0 saturated carbocycles. The molecule has 0 spiro atoms. The summed E-state index contributed by atoms with van der Waals surface area (Å²) in [5, 5.41) is -0.350. The summed E-state index contributed by atoms with van der Waals surface area (Å²) < 4.78 is 33.8. The number of pyridine rings is 2. The summed E-state index contributed by atoms with van der Waals surface area (Å²) in [5.41, 5.74) is 0.573. The van der Waals surface area contributed by atoms with Crippen molar-refractivity contribution in [3.8, 4) is 24.0 Å². The van der Waals surface area contributed by atoms with Gasteiger partial charge in [-0.15, -0.1) is 6.42 Å². The van der Waals surface area contributed by atoms with Gasteiger partial charge in [0.1, 0.15) is 11.6 Å². The summed E-state index contributed by atoms with van der Waals surface area (Å²) in [5.74, 6) is 3.05. The minimum atomic E-state index is -4.28. The van der Waals surface area contributed by atoms with Crippen LogP contribution in [0.2, 0.25) is 0 Å². The van der Waals surface area contributed by atoms with Crippen LogP contribution in [0.25, 0.3) is 0 Å². The number of nitrogens with one attached hydrogen (secondary N) is 1. The Balaban J connectivity index is 1.57. The van der Waals surface area contributed by atoms with Gasteiger partial charge in [0.25, 0.3) is 15.9 Å². The number of sulfonamides is 1. The van der Waals surface area contributed by atoms with E-state index in [2.05, 4.69) is 46.3 Å². The maximum absolute atomic E-state index is 13.1. The van der Waals surface area contributed by atoms with Crippen LogP contribution in [0.3, 0.4) is 0 Å². The third kappa shape index (κ3) is 5.28. The molecule has 1 N–H and O–H groups in total. The van der Waals surface area contributed by atoms with Gasteiger partial charge in [0.05, 0.1) is 5.56 Å². The third-order valence-corrected chi connectivity index (χ3v) is 7.02. The highest BCUT2D eigenvalue weighted by molar-refractivity contribution is 7.90. The number of anilines is 1. The van der Waals surface area contributed by atoms with E-state index in [1.807, 2.05) is 0 Å². The molecule has 8 nitrogen and oxygen atoms in total. The third-order valence-electron chi connectivity index (χ3n) is 5.78. The monoisotopic (exact) mass is 490 g/mol. The standard InChI is InChI=1S/C26H26N4O4S/c1-5-19-9-6-10-20(15-19)34-22-12-7-13-23(28-22)35(32,33)29-25(31)21-11-8-14-27-24(21)30-17-18(2)16-26(30,3)4/h1,6-15,18H,16-17H2,2-4H3,(H,29,31). The first-order valence-electron chi connectivity index (χ1n) is 11.1. The molecule has 3 aromatic rings. The molecule has 1 saturated heterocycles. The number of aromatic nitrogens is 2. The fourth-order valence-electron chi connectivity index (χ4n) is 4.35. The molecule has 9 heteroatoms. The summed E-state index contributed by atoms with van der Waals surface area (Å²) >= 11 is 0. The van der Waals surface area contributed by atoms with Gasteiger partial charge in [-0.1, -0.05) is 25.0 Å². The first kappa shape index (κ1) is 24.2. The van der Waals surface area contributed by atoms with Crippen LogP contribution in [0.1, 0.15) is 43.1 Å². The molecule has 35 heavy (non-hydrogen) atoms. The predicted octanol–water partition coefficient (Wildman–Crippen LogP) is 3.99. The number of rotatable bonds is 6. The molecule has 1 unspecified atom stereocenters. The average Bonchev–Trinajstić information content (AvgIpc) is 3.10. The smallest absolute Gasteiger partial charge is 0.281 e. The Morgan fingerprint density at radius 1 is 1.20 bits per heavy atom. The van der Waals surface area contributed by atoms with Crippen molar-refractivity contribution in [1.82, 2.24) is 14.7 Å². The summed E-state index contributed by atoms with van der Waals surface area (Å²) in [7, 11) is -4.28. The second kappa shape index (κ2) is 9.39. The molecule has 180 valence electrons. The number of amides is 1. The first-order chi connectivity index (χ1) is 16.6. The van der Waals surface area contributed by atoms with Crippen LogP contribution in [0, 0.1) is 18.3 Å². The number of hydrogen-bond acceptors (Lipinski definition) is 7. The molecule has 1 fully saturated rings. The lowest BCUT2D eigenvalue weighted by Gasteiger charge is -2.33. The molecule has 2 aromatic heterocycles. The fraction of sp³-hybridized carbons (Fsp3) is 0.269. The summed E-state index contributed by atoms with van der Waals surface area (Å²) in [6.45, 7) is 7.02. The van der Waals surface area contributed by atoms with Gasteiger partial charge in [0.2, 0.25) is 5.88 Å². The Hall–Kier alpha value is -3.90. The number of nitrogens with zero attached hydrogens (tertiary/aromatic N) is 3. The Kier molecular flexibility index (Phi) is 6.50. The Morgan fingerprint density at radius 3 is 2.69 bits per heavy atom. The highest BCUT2D eigenvalue weighted by Gasteiger charge is 2.39. The molecule has 0 aliphatic carbocycles. The predicted molar refractivity (Wildman–Crippen MR) is 133 cm³/mol. The lowest BCUT2D eigenvalue weighted by Crippen LogP contribution is -2.41. The Bertz CT molecular complexity index is 1410. The van der Waals surface area contributed by atoms with Crippen molar-refractivity contribution in [3.63, 3.8) is 0 Å². The number of ether oxygens (including phenoxy) is 1. The van der Waals surface area contributed by atoms with Crippen molar-refractivity contribution in [3.05, 3.63) is 71.9 Å². The van der Waals surface area contributed by atoms with Gasteiger partial charge in [-0.2, -0.15) is 13.4 Å². The van der Waals surface area contributed by atoms with Crippen LogP contribution in [0.5, 0.6) is 11.6 Å². The topological polar surface area (TPSA) is 101 Å². The zero-order valence-corrected chi connectivity index (χ0v) is 20.5. The number of carbonyl (C=O) groups excluding carboxylic acids is 1. The van der Waals surface area contributed by atoms with Crippen molar-refractivity contribution in [2.45, 2.75) is 37.8 Å². The summed E-state index contributed by atoms with van der Waals surface area (Å²) in [4.78, 5) is 23.6. The molecule has 4 rings (SSSR count). The van der Waals surface area contributed by atoms with Crippen molar-refractivity contribution < 1.29 is 17.9 Å². The van der Waals surface area contributed by atoms with E-state index in [1.165, 1.54) is 18.2 Å². The number of carbonyl (C=O) groups is 1. The lowest BCUT2D eigenvalue weighted by molar-refractivity contribution is 0.0981. The maximum Gasteiger partial charge on any atom is 0.281 e. The van der Waals surface area contributed by atoms with Gasteiger partial charge >= 0.3 is 0 Å². The molecule has 1 atom stereocenters. The normalized spacial score (nSPS) is 17.0. The highest BCUT2D eigenvalue weighted by Crippen LogP contribution is 2.37. The molecule has 3 heterocycles. The Labute approximate surface area is 205 Å². The fourth-order valence-corrected chi connectivity index (χ4v) is 5.28. The van der Waals surface area contributed by atoms with E-state index in [4.69, 9.17) is 11.2 Å². The second-order valence-electron chi connectivity index (χ2n) is 9.13. The van der Waals surface area contributed by atoms with E-state index >= 15 is 0 Å². The molecule has 1 aliphatic heterocycles. The van der Waals surface area contributed by atoms with E-state index in [0.717, 1.165) is 13.0 Å². The highest BCUT2D eigenvalue weighted by atomic mass is 32.2. The van der Waals surface area contributed by atoms with Crippen LogP contribution in [0.15, 0.2) is 65.8 Å². The Morgan fingerprint density at radius 2 is 1.97 bits per heavy atom. The SMILES string of the molecule is C#Cc1cccc(Oc2cccc(S(=O)(=O)NC(=O)c3cccnc3N3CC(C)CC3(C)C)n2)c1. The van der Waals surface area contributed by atoms with Crippen LogP contribution in [0.4, 0.5) is 5.82 Å². The van der Waals surface area contributed by atoms with Crippen molar-refractivity contribution >= 4 is 21.7 Å². The van der Waals surface area contributed by atoms with Crippen molar-refractivity contribution in [1.29, 1.82) is 0 Å². The molecule has 0 bridgehead atoms. The van der Waals surface area contributed by atoms with Crippen LogP contribution < -0.4 is 14.4 Å². The molecule has 0 radical (unpaired) electrons. The zero-order chi connectivity index (χ0) is 25.2. The quantitative estimate of drug-likeness (QED) is 0.521. The van der Waals surface area contributed by atoms with Crippen LogP contribution in [-0.4, -0.2) is 36.4 Å². The molecule has 1 aromatic carbocycles. The number of benzene rings is 1. The van der Waals surface area contributed by atoms with Crippen molar-refractivity contribution in [2.75, 3.05) is 11.4 Å². The lowest BCUT2D eigenvalue weighted by atomic mass is 9.97. The van der Waals surface area contributed by atoms with E-state index < -0.39 is 15.9 Å². The molecular weight excluding hydrogens is 464 g/mol. The van der Waals surface area contributed by atoms with E-state index in [9.17, 15) is 13.2 Å². The largest absolute Gasteiger partial charge is 0.439 e. The summed E-state index contributed by atoms with van der Waals surface area (Å²) in [6, 6.07) is 14.2. The average molecular weight is 491 g/mol. The van der Waals surface area contributed by atoms with Crippen LogP contribution in [-0.2, 0) is 10.0 Å². The number of hydrogen-bond donors (Lipinski definition) is 1. The van der Waals surface area contributed by atoms with Gasteiger partial charge in [-0.3, -0.25) is 4.79 Å². The summed E-state index contributed by atoms with van der Waals surface area (Å²) in [6.07, 6.45) is 7.94. The molecule has 1 amide bonds. The molecule has 1 aliphatic rings. The van der Waals surface area contributed by atoms with E-state index in [0.29, 0.717) is 23.0 Å². The van der Waals surface area contributed by atoms with E-state index in [1.54, 1.807) is 42.6 Å². The minimum Gasteiger partial charge on any atom is -0.439 e. The first-order valence-corrected chi connectivity index (χ1v) is 12.6. The number of terminal acetylenes is 1. The van der Waals surface area contributed by atoms with Gasteiger partial charge in [0, 0.05) is 29.9 Å². The molecular formula is C26H26N4O4S. The van der Waals surface area contributed by atoms with Gasteiger partial charge in [-0.05, 0) is 62.6 Å². The van der Waals surface area contributed by atoms with Crippen LogP contribution >= 0.6 is 0 Å². The van der Waals surface area contributed by atoms with Gasteiger partial charge in [-0.25, -0.2) is 9.71 Å².